The molecule has 20 heavy (non-hydrogen) atoms. The Kier molecular flexibility index (Phi) is 4.87. The third kappa shape index (κ3) is 3.65. The highest BCUT2D eigenvalue weighted by Gasteiger charge is 2.29. The van der Waals surface area contributed by atoms with Crippen molar-refractivity contribution in [3.8, 4) is 0 Å². The van der Waals surface area contributed by atoms with E-state index in [0.29, 0.717) is 31.9 Å². The number of ketones is 1. The maximum absolute atomic E-state index is 12.2. The first-order chi connectivity index (χ1) is 9.58. The van der Waals surface area contributed by atoms with Gasteiger partial charge in [0.25, 0.3) is 0 Å². The molecule has 1 atom stereocenters. The minimum atomic E-state index is -0.952. The van der Waals surface area contributed by atoms with Gasteiger partial charge >= 0.3 is 5.97 Å². The topological polar surface area (TPSA) is 66.8 Å². The average molecular weight is 277 g/mol. The Bertz CT molecular complexity index is 477. The summed E-state index contributed by atoms with van der Waals surface area (Å²) in [5.74, 6) is -1.09. The largest absolute Gasteiger partial charge is 0.480 e. The maximum atomic E-state index is 12.2. The first kappa shape index (κ1) is 14.7. The lowest BCUT2D eigenvalue weighted by atomic mass is 10.0. The molecule has 1 aromatic rings. The molecule has 5 heteroatoms. The van der Waals surface area contributed by atoms with Gasteiger partial charge in [0.15, 0.2) is 5.78 Å². The molecule has 0 radical (unpaired) electrons. The zero-order valence-corrected chi connectivity index (χ0v) is 11.5. The summed E-state index contributed by atoms with van der Waals surface area (Å²) in [7, 11) is 0. The van der Waals surface area contributed by atoms with Crippen LogP contribution in [-0.2, 0) is 9.53 Å². The van der Waals surface area contributed by atoms with E-state index in [1.807, 2.05) is 19.1 Å². The van der Waals surface area contributed by atoms with Gasteiger partial charge in [-0.15, -0.1) is 0 Å². The number of aliphatic carboxylic acids is 1. The highest BCUT2D eigenvalue weighted by Crippen LogP contribution is 2.13. The fourth-order valence-electron chi connectivity index (χ4n) is 2.29. The van der Waals surface area contributed by atoms with E-state index in [4.69, 9.17) is 4.74 Å². The van der Waals surface area contributed by atoms with Gasteiger partial charge in [-0.05, 0) is 6.92 Å². The van der Waals surface area contributed by atoms with Gasteiger partial charge in [-0.2, -0.15) is 0 Å². The zero-order chi connectivity index (χ0) is 14.5. The summed E-state index contributed by atoms with van der Waals surface area (Å²) in [5.41, 5.74) is 1.64. The van der Waals surface area contributed by atoms with Crippen LogP contribution < -0.4 is 0 Å². The Morgan fingerprint density at radius 2 is 1.85 bits per heavy atom. The normalized spacial score (nSPS) is 17.6. The molecule has 0 saturated carbocycles. The third-order valence-electron chi connectivity index (χ3n) is 3.52. The maximum Gasteiger partial charge on any atom is 0.321 e. The van der Waals surface area contributed by atoms with Crippen molar-refractivity contribution in [3.05, 3.63) is 35.4 Å². The molecule has 1 aliphatic rings. The molecule has 0 aliphatic carbocycles. The van der Waals surface area contributed by atoms with Crippen molar-refractivity contribution in [2.24, 2.45) is 0 Å². The Hall–Kier alpha value is -1.72. The summed E-state index contributed by atoms with van der Waals surface area (Å²) in [4.78, 5) is 25.4. The minimum Gasteiger partial charge on any atom is -0.480 e. The van der Waals surface area contributed by atoms with Crippen molar-refractivity contribution in [3.63, 3.8) is 0 Å². The number of carboxylic acids is 1. The molecule has 1 aromatic carbocycles. The highest BCUT2D eigenvalue weighted by atomic mass is 16.5. The van der Waals surface area contributed by atoms with Crippen LogP contribution in [-0.4, -0.2) is 54.1 Å². The molecule has 1 N–H and O–H groups in total. The predicted octanol–water partition coefficient (Wildman–Crippen LogP) is 1.35. The summed E-state index contributed by atoms with van der Waals surface area (Å²) in [5, 5.41) is 9.33. The lowest BCUT2D eigenvalue weighted by Gasteiger charge is -2.31. The van der Waals surface area contributed by atoms with Gasteiger partial charge in [-0.1, -0.05) is 29.8 Å². The molecule has 0 aromatic heterocycles. The fraction of sp³-hybridized carbons (Fsp3) is 0.467. The first-order valence-corrected chi connectivity index (χ1v) is 6.72. The molecule has 1 saturated heterocycles. The molecule has 1 unspecified atom stereocenters. The number of ether oxygens (including phenoxy) is 1. The van der Waals surface area contributed by atoms with E-state index in [2.05, 4.69) is 0 Å². The minimum absolute atomic E-state index is 0.00159. The Balaban J connectivity index is 2.05. The van der Waals surface area contributed by atoms with E-state index in [0.717, 1.165) is 5.56 Å². The molecule has 1 fully saturated rings. The summed E-state index contributed by atoms with van der Waals surface area (Å²) in [6, 6.07) is 6.44. The monoisotopic (exact) mass is 277 g/mol. The van der Waals surface area contributed by atoms with Crippen LogP contribution in [0.5, 0.6) is 0 Å². The molecule has 108 valence electrons. The number of carbonyl (C=O) groups is 2. The number of carbonyl (C=O) groups excluding carboxylic acids is 1. The van der Waals surface area contributed by atoms with Gasteiger partial charge < -0.3 is 9.84 Å². The number of aryl methyl sites for hydroxylation is 1. The molecular formula is C15H19NO4. The standard InChI is InChI=1S/C15H19NO4/c1-11-2-4-12(5-3-11)14(17)10-13(15(18)19)16-6-8-20-9-7-16/h2-5,13H,6-10H2,1H3,(H,18,19). The Morgan fingerprint density at radius 1 is 1.25 bits per heavy atom. The molecule has 2 rings (SSSR count). The van der Waals surface area contributed by atoms with Gasteiger partial charge in [0.2, 0.25) is 0 Å². The van der Waals surface area contributed by atoms with E-state index in [1.54, 1.807) is 17.0 Å². The van der Waals surface area contributed by atoms with Crippen LogP contribution in [0.3, 0.4) is 0 Å². The molecule has 0 amide bonds. The second-order valence-electron chi connectivity index (χ2n) is 5.00. The van der Waals surface area contributed by atoms with Crippen LogP contribution in [0.1, 0.15) is 22.3 Å². The van der Waals surface area contributed by atoms with Crippen LogP contribution in [0.25, 0.3) is 0 Å². The highest BCUT2D eigenvalue weighted by molar-refractivity contribution is 5.98. The number of rotatable bonds is 5. The summed E-state index contributed by atoms with van der Waals surface area (Å²) >= 11 is 0. The molecule has 0 spiro atoms. The number of carboxylic acid groups (broad SMARTS) is 1. The van der Waals surface area contributed by atoms with Crippen molar-refractivity contribution in [2.75, 3.05) is 26.3 Å². The van der Waals surface area contributed by atoms with Gasteiger partial charge in [0, 0.05) is 25.1 Å². The van der Waals surface area contributed by atoms with E-state index in [-0.39, 0.29) is 12.2 Å². The van der Waals surface area contributed by atoms with E-state index in [9.17, 15) is 14.7 Å². The number of benzene rings is 1. The average Bonchev–Trinajstić information content (AvgIpc) is 2.46. The van der Waals surface area contributed by atoms with E-state index in [1.165, 1.54) is 0 Å². The fourth-order valence-corrected chi connectivity index (χ4v) is 2.29. The van der Waals surface area contributed by atoms with E-state index < -0.39 is 12.0 Å². The van der Waals surface area contributed by atoms with Crippen LogP contribution in [0.15, 0.2) is 24.3 Å². The third-order valence-corrected chi connectivity index (χ3v) is 3.52. The van der Waals surface area contributed by atoms with Crippen LogP contribution in [0.2, 0.25) is 0 Å². The quantitative estimate of drug-likeness (QED) is 0.823. The van der Waals surface area contributed by atoms with Crippen molar-refractivity contribution in [1.82, 2.24) is 4.90 Å². The number of Topliss-reactive ketones (excluding diaryl/α,β-unsaturated/α-hetero) is 1. The van der Waals surface area contributed by atoms with Crippen molar-refractivity contribution < 1.29 is 19.4 Å². The molecule has 1 aliphatic heterocycles. The Morgan fingerprint density at radius 3 is 2.40 bits per heavy atom. The SMILES string of the molecule is Cc1ccc(C(=O)CC(C(=O)O)N2CCOCC2)cc1. The van der Waals surface area contributed by atoms with Gasteiger partial charge in [0.05, 0.1) is 13.2 Å². The van der Waals surface area contributed by atoms with E-state index >= 15 is 0 Å². The van der Waals surface area contributed by atoms with Crippen molar-refractivity contribution in [2.45, 2.75) is 19.4 Å². The predicted molar refractivity (Wildman–Crippen MR) is 73.9 cm³/mol. The summed E-state index contributed by atoms with van der Waals surface area (Å²) < 4.78 is 5.21. The second kappa shape index (κ2) is 6.63. The molecule has 0 bridgehead atoms. The van der Waals surface area contributed by atoms with Crippen LogP contribution in [0, 0.1) is 6.92 Å². The number of hydrogen-bond donors (Lipinski definition) is 1. The molecular weight excluding hydrogens is 258 g/mol. The van der Waals surface area contributed by atoms with Gasteiger partial charge in [0.1, 0.15) is 6.04 Å². The first-order valence-electron chi connectivity index (χ1n) is 6.72. The number of morpholine rings is 1. The van der Waals surface area contributed by atoms with Crippen LogP contribution >= 0.6 is 0 Å². The second-order valence-corrected chi connectivity index (χ2v) is 5.00. The lowest BCUT2D eigenvalue weighted by molar-refractivity contribution is -0.144. The lowest BCUT2D eigenvalue weighted by Crippen LogP contribution is -2.48. The molecule has 1 heterocycles. The zero-order valence-electron chi connectivity index (χ0n) is 11.5. The van der Waals surface area contributed by atoms with Crippen LogP contribution in [0.4, 0.5) is 0 Å². The Labute approximate surface area is 118 Å². The number of nitrogens with zero attached hydrogens (tertiary/aromatic N) is 1. The summed E-state index contributed by atoms with van der Waals surface area (Å²) in [6.45, 7) is 4.09. The van der Waals surface area contributed by atoms with Crippen molar-refractivity contribution >= 4 is 11.8 Å². The molecule has 5 nitrogen and oxygen atoms in total. The van der Waals surface area contributed by atoms with Gasteiger partial charge in [-0.25, -0.2) is 0 Å². The smallest absolute Gasteiger partial charge is 0.321 e. The summed E-state index contributed by atoms with van der Waals surface area (Å²) in [6.07, 6.45) is -0.00159. The number of hydrogen-bond acceptors (Lipinski definition) is 4. The van der Waals surface area contributed by atoms with Crippen molar-refractivity contribution in [1.29, 1.82) is 0 Å². The van der Waals surface area contributed by atoms with Gasteiger partial charge in [-0.3, -0.25) is 14.5 Å².